The molecule has 7 nitrogen and oxygen atoms in total. The van der Waals surface area contributed by atoms with E-state index in [1.165, 1.54) is 0 Å². The molecule has 28 heavy (non-hydrogen) atoms. The molecule has 0 saturated heterocycles. The number of nitrogens with zero attached hydrogens (tertiary/aromatic N) is 4. The van der Waals surface area contributed by atoms with Crippen LogP contribution in [-0.4, -0.2) is 37.1 Å². The van der Waals surface area contributed by atoms with Gasteiger partial charge in [-0.15, -0.1) is 0 Å². The fraction of sp³-hybridized carbons (Fsp3) is 0.190. The second-order valence-electron chi connectivity index (χ2n) is 6.51. The Bertz CT molecular complexity index is 1140. The Labute approximate surface area is 161 Å². The van der Waals surface area contributed by atoms with Crippen molar-refractivity contribution in [2.45, 2.75) is 20.1 Å². The van der Waals surface area contributed by atoms with Crippen LogP contribution < -0.4 is 4.74 Å². The summed E-state index contributed by atoms with van der Waals surface area (Å²) in [6.07, 6.45) is 3.38. The largest absolute Gasteiger partial charge is 0.507 e. The van der Waals surface area contributed by atoms with Crippen LogP contribution in [-0.2, 0) is 13.2 Å². The number of aromatic nitrogens is 4. The number of fused-ring (bicyclic) bond motifs is 1. The zero-order valence-electron chi connectivity index (χ0n) is 15.6. The number of aliphatic hydroxyl groups excluding tert-OH is 1. The fourth-order valence-corrected chi connectivity index (χ4v) is 3.22. The van der Waals surface area contributed by atoms with Crippen molar-refractivity contribution in [2.75, 3.05) is 7.11 Å². The molecule has 2 heterocycles. The Hall–Kier alpha value is -3.45. The van der Waals surface area contributed by atoms with Crippen LogP contribution in [0.3, 0.4) is 0 Å². The van der Waals surface area contributed by atoms with Crippen molar-refractivity contribution in [2.24, 2.45) is 0 Å². The smallest absolute Gasteiger partial charge is 0.125 e. The first kappa shape index (κ1) is 17.9. The lowest BCUT2D eigenvalue weighted by Gasteiger charge is -2.10. The summed E-state index contributed by atoms with van der Waals surface area (Å²) in [7, 11) is 1.64. The molecule has 7 heteroatoms. The van der Waals surface area contributed by atoms with Crippen molar-refractivity contribution in [3.63, 3.8) is 0 Å². The van der Waals surface area contributed by atoms with Gasteiger partial charge in [0.15, 0.2) is 0 Å². The van der Waals surface area contributed by atoms with Gasteiger partial charge < -0.3 is 14.9 Å². The third kappa shape index (κ3) is 3.27. The number of aliphatic hydroxyl groups is 1. The molecule has 0 radical (unpaired) electrons. The lowest BCUT2D eigenvalue weighted by molar-refractivity contribution is 0.277. The molecule has 0 spiro atoms. The van der Waals surface area contributed by atoms with Crippen LogP contribution in [0.15, 0.2) is 48.8 Å². The molecule has 0 bridgehead atoms. The van der Waals surface area contributed by atoms with Gasteiger partial charge in [-0.1, -0.05) is 12.1 Å². The van der Waals surface area contributed by atoms with E-state index in [2.05, 4.69) is 15.1 Å². The number of aromatic hydroxyl groups is 1. The second kappa shape index (κ2) is 7.28. The first-order valence-electron chi connectivity index (χ1n) is 8.84. The highest BCUT2D eigenvalue weighted by atomic mass is 16.5. The minimum atomic E-state index is -0.229. The van der Waals surface area contributed by atoms with Crippen molar-refractivity contribution >= 4 is 10.9 Å². The molecule has 4 aromatic rings. The number of phenolic OH excluding ortho intramolecular Hbond substituents is 1. The third-order valence-corrected chi connectivity index (χ3v) is 4.68. The number of rotatable bonds is 5. The van der Waals surface area contributed by atoms with E-state index in [4.69, 9.17) is 4.74 Å². The van der Waals surface area contributed by atoms with E-state index >= 15 is 0 Å². The van der Waals surface area contributed by atoms with E-state index in [1.807, 2.05) is 35.0 Å². The summed E-state index contributed by atoms with van der Waals surface area (Å²) < 4.78 is 7.02. The lowest BCUT2D eigenvalue weighted by atomic mass is 10.0. The summed E-state index contributed by atoms with van der Waals surface area (Å²) in [4.78, 5) is 8.46. The number of ether oxygens (including phenoxy) is 1. The quantitative estimate of drug-likeness (QED) is 0.556. The van der Waals surface area contributed by atoms with Gasteiger partial charge in [0, 0.05) is 28.8 Å². The Morgan fingerprint density at radius 2 is 1.86 bits per heavy atom. The predicted molar refractivity (Wildman–Crippen MR) is 105 cm³/mol. The van der Waals surface area contributed by atoms with Gasteiger partial charge in [-0.2, -0.15) is 5.10 Å². The van der Waals surface area contributed by atoms with Crippen LogP contribution in [0, 0.1) is 6.92 Å². The van der Waals surface area contributed by atoms with Crippen LogP contribution in [0.1, 0.15) is 17.1 Å². The van der Waals surface area contributed by atoms with Gasteiger partial charge in [-0.3, -0.25) is 4.68 Å². The lowest BCUT2D eigenvalue weighted by Crippen LogP contribution is -2.01. The summed E-state index contributed by atoms with van der Waals surface area (Å²) >= 11 is 0. The molecule has 0 amide bonds. The van der Waals surface area contributed by atoms with E-state index in [0.29, 0.717) is 29.2 Å². The van der Waals surface area contributed by atoms with Crippen LogP contribution >= 0.6 is 0 Å². The van der Waals surface area contributed by atoms with Gasteiger partial charge in [0.05, 0.1) is 37.7 Å². The van der Waals surface area contributed by atoms with Crippen LogP contribution in [0.2, 0.25) is 0 Å². The topological polar surface area (TPSA) is 93.3 Å². The molecule has 142 valence electrons. The minimum absolute atomic E-state index is 0.0890. The molecule has 2 aromatic heterocycles. The molecule has 0 aliphatic rings. The normalized spacial score (nSPS) is 11.1. The molecule has 4 rings (SSSR count). The van der Waals surface area contributed by atoms with Crippen molar-refractivity contribution in [1.29, 1.82) is 0 Å². The summed E-state index contributed by atoms with van der Waals surface area (Å²) in [5.74, 6) is 1.46. The van der Waals surface area contributed by atoms with E-state index in [9.17, 15) is 10.2 Å². The van der Waals surface area contributed by atoms with Crippen LogP contribution in [0.5, 0.6) is 11.5 Å². The number of hydrogen-bond donors (Lipinski definition) is 2. The summed E-state index contributed by atoms with van der Waals surface area (Å²) in [5.41, 5.74) is 3.54. The van der Waals surface area contributed by atoms with Gasteiger partial charge >= 0.3 is 0 Å². The van der Waals surface area contributed by atoms with Crippen LogP contribution in [0.4, 0.5) is 0 Å². The standard InChI is InChI=1S/C21H20N4O3/c1-13-22-10-18(19(12-26)24-13)17-7-15-9-23-25(20(15)8-21(17)27)11-14-3-5-16(28-2)6-4-14/h3-10,26-27H,11-12H2,1-2H3. The highest BCUT2D eigenvalue weighted by Crippen LogP contribution is 2.34. The maximum atomic E-state index is 10.6. The molecular formula is C21H20N4O3. The number of hydrogen-bond acceptors (Lipinski definition) is 6. The minimum Gasteiger partial charge on any atom is -0.507 e. The molecule has 0 atom stereocenters. The van der Waals surface area contributed by atoms with E-state index in [1.54, 1.807) is 32.5 Å². The molecule has 0 aliphatic heterocycles. The van der Waals surface area contributed by atoms with Gasteiger partial charge in [0.2, 0.25) is 0 Å². The highest BCUT2D eigenvalue weighted by molar-refractivity contribution is 5.88. The van der Waals surface area contributed by atoms with Gasteiger partial charge in [0.25, 0.3) is 0 Å². The zero-order chi connectivity index (χ0) is 19.7. The van der Waals surface area contributed by atoms with E-state index < -0.39 is 0 Å². The zero-order valence-corrected chi connectivity index (χ0v) is 15.6. The first-order chi connectivity index (χ1) is 13.6. The number of benzene rings is 2. The highest BCUT2D eigenvalue weighted by Gasteiger charge is 2.15. The number of aryl methyl sites for hydroxylation is 1. The molecule has 0 saturated carbocycles. The third-order valence-electron chi connectivity index (χ3n) is 4.68. The van der Waals surface area contributed by atoms with Crippen molar-refractivity contribution in [3.8, 4) is 22.6 Å². The van der Waals surface area contributed by atoms with Gasteiger partial charge in [0.1, 0.15) is 17.3 Å². The molecule has 2 N–H and O–H groups in total. The summed E-state index contributed by atoms with van der Waals surface area (Å²) in [6, 6.07) is 11.3. The molecule has 0 unspecified atom stereocenters. The van der Waals surface area contributed by atoms with Crippen molar-refractivity contribution in [1.82, 2.24) is 19.7 Å². The number of phenols is 1. The molecule has 0 aliphatic carbocycles. The predicted octanol–water partition coefficient (Wildman–Crippen LogP) is 3.06. The summed E-state index contributed by atoms with van der Waals surface area (Å²) in [6.45, 7) is 2.10. The van der Waals surface area contributed by atoms with Crippen molar-refractivity contribution in [3.05, 3.63) is 65.9 Å². The van der Waals surface area contributed by atoms with Crippen molar-refractivity contribution < 1.29 is 14.9 Å². The number of methoxy groups -OCH3 is 1. The average molecular weight is 376 g/mol. The van der Waals surface area contributed by atoms with E-state index in [-0.39, 0.29) is 12.4 Å². The molecule has 0 fully saturated rings. The monoisotopic (exact) mass is 376 g/mol. The van der Waals surface area contributed by atoms with E-state index in [0.717, 1.165) is 22.2 Å². The van der Waals surface area contributed by atoms with Gasteiger partial charge in [-0.05, 0) is 30.7 Å². The molecular weight excluding hydrogens is 356 g/mol. The second-order valence-corrected chi connectivity index (χ2v) is 6.51. The Balaban J connectivity index is 1.73. The fourth-order valence-electron chi connectivity index (χ4n) is 3.22. The Morgan fingerprint density at radius 1 is 1.07 bits per heavy atom. The maximum absolute atomic E-state index is 10.6. The Morgan fingerprint density at radius 3 is 2.57 bits per heavy atom. The average Bonchev–Trinajstić information content (AvgIpc) is 3.09. The van der Waals surface area contributed by atoms with Crippen LogP contribution in [0.25, 0.3) is 22.0 Å². The SMILES string of the molecule is COc1ccc(Cn2ncc3cc(-c4cnc(C)nc4CO)c(O)cc32)cc1. The summed E-state index contributed by atoms with van der Waals surface area (Å²) in [5, 5.41) is 25.6. The first-order valence-corrected chi connectivity index (χ1v) is 8.84. The molecule has 2 aromatic carbocycles. The Kier molecular flexibility index (Phi) is 4.67. The maximum Gasteiger partial charge on any atom is 0.125 e. The van der Waals surface area contributed by atoms with Gasteiger partial charge in [-0.25, -0.2) is 9.97 Å².